The Morgan fingerprint density at radius 3 is 2.88 bits per heavy atom. The number of ether oxygens (including phenoxy) is 1. The number of carbonyl (C=O) groups excluding carboxylic acids is 1. The first-order valence-electron chi connectivity index (χ1n) is 5.53. The first-order chi connectivity index (χ1) is 8.11. The number of rotatable bonds is 4. The molecule has 0 aliphatic heterocycles. The number of anilines is 2. The van der Waals surface area contributed by atoms with Crippen LogP contribution in [0, 0.1) is 11.7 Å². The topological polar surface area (TPSA) is 64.3 Å². The molecular weight excluding hydrogens is 223 g/mol. The summed E-state index contributed by atoms with van der Waals surface area (Å²) in [6.45, 7) is 0.724. The van der Waals surface area contributed by atoms with Crippen LogP contribution in [0.5, 0.6) is 0 Å². The second-order valence-corrected chi connectivity index (χ2v) is 4.24. The zero-order valence-corrected chi connectivity index (χ0v) is 9.63. The molecule has 0 heterocycles. The van der Waals surface area contributed by atoms with Gasteiger partial charge in [0.25, 0.3) is 0 Å². The largest absolute Gasteiger partial charge is 0.465 e. The summed E-state index contributed by atoms with van der Waals surface area (Å²) in [5.41, 5.74) is 6.14. The second kappa shape index (κ2) is 4.61. The minimum absolute atomic E-state index is 0.0892. The summed E-state index contributed by atoms with van der Waals surface area (Å²) in [6, 6.07) is 2.54. The van der Waals surface area contributed by atoms with Crippen LogP contribution in [0.3, 0.4) is 0 Å². The molecule has 0 aromatic heterocycles. The Balaban J connectivity index is 2.21. The molecule has 0 saturated heterocycles. The molecule has 5 heteroatoms. The molecule has 0 unspecified atom stereocenters. The van der Waals surface area contributed by atoms with Crippen LogP contribution < -0.4 is 11.1 Å². The standard InChI is InChI=1S/C12H15FN2O2/c1-17-12(16)8-4-11(9(13)5-10(8)14)15-6-7-2-3-7/h4-5,7,15H,2-3,6,14H2,1H3. The van der Waals surface area contributed by atoms with Crippen molar-refractivity contribution in [3.63, 3.8) is 0 Å². The summed E-state index contributed by atoms with van der Waals surface area (Å²) >= 11 is 0. The van der Waals surface area contributed by atoms with Crippen LogP contribution in [-0.2, 0) is 4.74 Å². The molecule has 2 rings (SSSR count). The van der Waals surface area contributed by atoms with Gasteiger partial charge in [0.2, 0.25) is 0 Å². The third-order valence-corrected chi connectivity index (χ3v) is 2.82. The van der Waals surface area contributed by atoms with Crippen molar-refractivity contribution < 1.29 is 13.9 Å². The monoisotopic (exact) mass is 238 g/mol. The maximum atomic E-state index is 13.6. The number of benzene rings is 1. The van der Waals surface area contributed by atoms with Crippen molar-refractivity contribution in [2.24, 2.45) is 5.92 Å². The minimum Gasteiger partial charge on any atom is -0.465 e. The van der Waals surface area contributed by atoms with E-state index in [1.54, 1.807) is 0 Å². The average Bonchev–Trinajstić information content (AvgIpc) is 3.11. The Morgan fingerprint density at radius 1 is 1.59 bits per heavy atom. The smallest absolute Gasteiger partial charge is 0.340 e. The summed E-state index contributed by atoms with van der Waals surface area (Å²) in [6.07, 6.45) is 2.35. The van der Waals surface area contributed by atoms with Crippen molar-refractivity contribution >= 4 is 17.3 Å². The van der Waals surface area contributed by atoms with E-state index in [4.69, 9.17) is 5.73 Å². The lowest BCUT2D eigenvalue weighted by molar-refractivity contribution is 0.0602. The van der Waals surface area contributed by atoms with Gasteiger partial charge in [-0.05, 0) is 30.9 Å². The number of esters is 1. The summed E-state index contributed by atoms with van der Waals surface area (Å²) in [5, 5.41) is 2.98. The first-order valence-corrected chi connectivity index (χ1v) is 5.53. The minimum atomic E-state index is -0.558. The Hall–Kier alpha value is -1.78. The van der Waals surface area contributed by atoms with Gasteiger partial charge in [0.15, 0.2) is 0 Å². The Kier molecular flexibility index (Phi) is 3.17. The second-order valence-electron chi connectivity index (χ2n) is 4.24. The highest BCUT2D eigenvalue weighted by molar-refractivity contribution is 5.96. The number of nitrogen functional groups attached to an aromatic ring is 1. The molecule has 1 aromatic rings. The van der Waals surface area contributed by atoms with Gasteiger partial charge in [0.05, 0.1) is 18.4 Å². The van der Waals surface area contributed by atoms with Crippen molar-refractivity contribution in [3.8, 4) is 0 Å². The third-order valence-electron chi connectivity index (χ3n) is 2.82. The normalized spacial score (nSPS) is 14.5. The molecule has 0 radical (unpaired) electrons. The van der Waals surface area contributed by atoms with Crippen LogP contribution >= 0.6 is 0 Å². The molecule has 3 N–H and O–H groups in total. The van der Waals surface area contributed by atoms with E-state index in [0.29, 0.717) is 11.6 Å². The average molecular weight is 238 g/mol. The van der Waals surface area contributed by atoms with Crippen LogP contribution in [0.1, 0.15) is 23.2 Å². The lowest BCUT2D eigenvalue weighted by Crippen LogP contribution is -2.10. The number of hydrogen-bond donors (Lipinski definition) is 2. The zero-order chi connectivity index (χ0) is 12.4. The van der Waals surface area contributed by atoms with E-state index < -0.39 is 11.8 Å². The fourth-order valence-corrected chi connectivity index (χ4v) is 1.59. The Labute approximate surface area is 98.9 Å². The highest BCUT2D eigenvalue weighted by Crippen LogP contribution is 2.30. The molecule has 17 heavy (non-hydrogen) atoms. The quantitative estimate of drug-likeness (QED) is 0.622. The predicted octanol–water partition coefficient (Wildman–Crippen LogP) is 2.02. The molecule has 1 fully saturated rings. The number of methoxy groups -OCH3 is 1. The molecule has 92 valence electrons. The van der Waals surface area contributed by atoms with Crippen LogP contribution in [-0.4, -0.2) is 19.6 Å². The van der Waals surface area contributed by atoms with Crippen LogP contribution in [0.15, 0.2) is 12.1 Å². The molecular formula is C12H15FN2O2. The molecule has 0 atom stereocenters. The van der Waals surface area contributed by atoms with Gasteiger partial charge >= 0.3 is 5.97 Å². The van der Waals surface area contributed by atoms with E-state index in [0.717, 1.165) is 12.6 Å². The molecule has 1 saturated carbocycles. The number of halogens is 1. The van der Waals surface area contributed by atoms with Gasteiger partial charge in [-0.15, -0.1) is 0 Å². The summed E-state index contributed by atoms with van der Waals surface area (Å²) in [7, 11) is 1.27. The SMILES string of the molecule is COC(=O)c1cc(NCC2CC2)c(F)cc1N. The van der Waals surface area contributed by atoms with Crippen molar-refractivity contribution in [1.29, 1.82) is 0 Å². The van der Waals surface area contributed by atoms with Crippen molar-refractivity contribution in [2.75, 3.05) is 24.7 Å². The molecule has 0 spiro atoms. The van der Waals surface area contributed by atoms with E-state index in [9.17, 15) is 9.18 Å². The summed E-state index contributed by atoms with van der Waals surface area (Å²) in [4.78, 5) is 11.4. The first kappa shape index (κ1) is 11.7. The maximum absolute atomic E-state index is 13.6. The molecule has 1 aromatic carbocycles. The number of carbonyl (C=O) groups is 1. The van der Waals surface area contributed by atoms with Crippen LogP contribution in [0.4, 0.5) is 15.8 Å². The van der Waals surface area contributed by atoms with Gasteiger partial charge in [-0.25, -0.2) is 9.18 Å². The summed E-state index contributed by atoms with van der Waals surface area (Å²) in [5.74, 6) is -0.388. The lowest BCUT2D eigenvalue weighted by Gasteiger charge is -2.10. The molecule has 1 aliphatic carbocycles. The van der Waals surface area contributed by atoms with Crippen molar-refractivity contribution in [1.82, 2.24) is 0 Å². The van der Waals surface area contributed by atoms with Crippen molar-refractivity contribution in [2.45, 2.75) is 12.8 Å². The van der Waals surface area contributed by atoms with Gasteiger partial charge in [0.1, 0.15) is 5.82 Å². The van der Waals surface area contributed by atoms with E-state index in [1.165, 1.54) is 26.0 Å². The number of hydrogen-bond acceptors (Lipinski definition) is 4. The molecule has 1 aliphatic rings. The van der Waals surface area contributed by atoms with Crippen molar-refractivity contribution in [3.05, 3.63) is 23.5 Å². The zero-order valence-electron chi connectivity index (χ0n) is 9.63. The lowest BCUT2D eigenvalue weighted by atomic mass is 10.1. The Bertz CT molecular complexity index is 444. The van der Waals surface area contributed by atoms with Gasteiger partial charge < -0.3 is 15.8 Å². The third kappa shape index (κ3) is 2.67. The van der Waals surface area contributed by atoms with E-state index in [2.05, 4.69) is 10.1 Å². The highest BCUT2D eigenvalue weighted by atomic mass is 19.1. The Morgan fingerprint density at radius 2 is 2.29 bits per heavy atom. The fraction of sp³-hybridized carbons (Fsp3) is 0.417. The van der Waals surface area contributed by atoms with E-state index in [1.807, 2.05) is 0 Å². The predicted molar refractivity (Wildman–Crippen MR) is 63.4 cm³/mol. The fourth-order valence-electron chi connectivity index (χ4n) is 1.59. The number of nitrogens with two attached hydrogens (primary N) is 1. The summed E-state index contributed by atoms with van der Waals surface area (Å²) < 4.78 is 18.2. The van der Waals surface area contributed by atoms with Crippen LogP contribution in [0.2, 0.25) is 0 Å². The molecule has 0 bridgehead atoms. The maximum Gasteiger partial charge on any atom is 0.340 e. The van der Waals surface area contributed by atoms with E-state index in [-0.39, 0.29) is 11.3 Å². The van der Waals surface area contributed by atoms with E-state index >= 15 is 0 Å². The van der Waals surface area contributed by atoms with Gasteiger partial charge in [-0.3, -0.25) is 0 Å². The number of nitrogens with one attached hydrogen (secondary N) is 1. The molecule has 0 amide bonds. The van der Waals surface area contributed by atoms with Gasteiger partial charge in [0, 0.05) is 12.2 Å². The van der Waals surface area contributed by atoms with Gasteiger partial charge in [-0.2, -0.15) is 0 Å². The van der Waals surface area contributed by atoms with Gasteiger partial charge in [-0.1, -0.05) is 0 Å². The van der Waals surface area contributed by atoms with Crippen LogP contribution in [0.25, 0.3) is 0 Å². The molecule has 4 nitrogen and oxygen atoms in total. The highest BCUT2D eigenvalue weighted by Gasteiger charge is 2.22.